The van der Waals surface area contributed by atoms with Crippen LogP contribution < -0.4 is 18.9 Å². The Hall–Kier alpha value is -3.69. The molecule has 0 aromatic heterocycles. The molecule has 0 spiro atoms. The number of carbonyl (C=O) groups is 1. The van der Waals surface area contributed by atoms with Crippen LogP contribution in [0.2, 0.25) is 0 Å². The largest absolute Gasteiger partial charge is 0.573 e. The van der Waals surface area contributed by atoms with Gasteiger partial charge in [-0.3, -0.25) is 0 Å². The summed E-state index contributed by atoms with van der Waals surface area (Å²) in [5.74, 6) is -0.413. The summed E-state index contributed by atoms with van der Waals surface area (Å²) in [6.45, 7) is 0. The van der Waals surface area contributed by atoms with Crippen molar-refractivity contribution in [1.29, 1.82) is 0 Å². The first kappa shape index (κ1) is 21.0. The zero-order valence-corrected chi connectivity index (χ0v) is 16.1. The average molecular weight is 423 g/mol. The molecule has 0 aliphatic carbocycles. The molecule has 158 valence electrons. The van der Waals surface area contributed by atoms with Crippen molar-refractivity contribution in [2.45, 2.75) is 6.36 Å². The first-order valence-corrected chi connectivity index (χ1v) is 8.43. The van der Waals surface area contributed by atoms with Crippen molar-refractivity contribution in [3.05, 3.63) is 53.2 Å². The number of benzene rings is 2. The average Bonchev–Trinajstić information content (AvgIpc) is 3.07. The molecule has 0 atom stereocenters. The van der Waals surface area contributed by atoms with Gasteiger partial charge in [-0.15, -0.1) is 13.2 Å². The van der Waals surface area contributed by atoms with Crippen LogP contribution in [0.15, 0.2) is 47.1 Å². The molecule has 0 amide bonds. The zero-order chi connectivity index (χ0) is 21.9. The van der Waals surface area contributed by atoms with Crippen molar-refractivity contribution in [2.24, 2.45) is 4.99 Å². The zero-order valence-electron chi connectivity index (χ0n) is 16.1. The van der Waals surface area contributed by atoms with Gasteiger partial charge in [0.25, 0.3) is 0 Å². The number of nitrogens with zero attached hydrogens (tertiary/aromatic N) is 1. The predicted octanol–water partition coefficient (Wildman–Crippen LogP) is 3.96. The second kappa shape index (κ2) is 8.36. The molecule has 2 aromatic carbocycles. The number of hydrogen-bond donors (Lipinski definition) is 0. The van der Waals surface area contributed by atoms with Gasteiger partial charge in [0.05, 0.1) is 21.3 Å². The Bertz CT molecular complexity index is 1000. The number of cyclic esters (lactones) is 1. The molecule has 10 heteroatoms. The minimum atomic E-state index is -4.88. The molecule has 1 aliphatic rings. The summed E-state index contributed by atoms with van der Waals surface area (Å²) in [7, 11) is 4.29. The standard InChI is InChI=1S/C20H16F3NO6/c1-26-15-9-12(10-16(27-2)17(15)28-3)18-24-13(19(25)29-18)8-11-6-4-5-7-14(11)30-20(21,22)23/h4-10H,1-3H3. The van der Waals surface area contributed by atoms with Crippen molar-refractivity contribution in [2.75, 3.05) is 21.3 Å². The van der Waals surface area contributed by atoms with E-state index >= 15 is 0 Å². The highest BCUT2D eigenvalue weighted by Crippen LogP contribution is 2.39. The summed E-state index contributed by atoms with van der Waals surface area (Å²) in [6, 6.07) is 8.41. The minimum Gasteiger partial charge on any atom is -0.493 e. The van der Waals surface area contributed by atoms with E-state index in [0.29, 0.717) is 22.8 Å². The number of carbonyl (C=O) groups excluding carboxylic acids is 1. The first-order chi connectivity index (χ1) is 14.3. The molecular formula is C20H16F3NO6. The Labute approximate surface area is 169 Å². The summed E-state index contributed by atoms with van der Waals surface area (Å²) in [6.07, 6.45) is -3.73. The number of methoxy groups -OCH3 is 3. The molecule has 1 aliphatic heterocycles. The third-order valence-corrected chi connectivity index (χ3v) is 3.97. The number of alkyl halides is 3. The maximum Gasteiger partial charge on any atom is 0.573 e. The van der Waals surface area contributed by atoms with Gasteiger partial charge in [-0.1, -0.05) is 18.2 Å². The molecule has 0 saturated heterocycles. The molecule has 0 radical (unpaired) electrons. The van der Waals surface area contributed by atoms with Gasteiger partial charge in [-0.25, -0.2) is 9.79 Å². The molecule has 0 N–H and O–H groups in total. The normalized spacial score (nSPS) is 14.9. The molecular weight excluding hydrogens is 407 g/mol. The summed E-state index contributed by atoms with van der Waals surface area (Å²) in [4.78, 5) is 16.3. The Morgan fingerprint density at radius 2 is 1.60 bits per heavy atom. The maximum atomic E-state index is 12.6. The van der Waals surface area contributed by atoms with Crippen LogP contribution in [0.1, 0.15) is 11.1 Å². The van der Waals surface area contributed by atoms with Crippen LogP contribution in [-0.4, -0.2) is 39.6 Å². The number of esters is 1. The quantitative estimate of drug-likeness (QED) is 0.517. The van der Waals surface area contributed by atoms with E-state index in [0.717, 1.165) is 12.1 Å². The predicted molar refractivity (Wildman–Crippen MR) is 99.8 cm³/mol. The van der Waals surface area contributed by atoms with Crippen LogP contribution in [0.4, 0.5) is 13.2 Å². The smallest absolute Gasteiger partial charge is 0.493 e. The van der Waals surface area contributed by atoms with Gasteiger partial charge in [-0.05, 0) is 24.3 Å². The highest BCUT2D eigenvalue weighted by atomic mass is 19.4. The Balaban J connectivity index is 2.01. The SMILES string of the molecule is COc1cc(C2=NC(=Cc3ccccc3OC(F)(F)F)C(=O)O2)cc(OC)c1OC. The Morgan fingerprint density at radius 1 is 0.967 bits per heavy atom. The highest BCUT2D eigenvalue weighted by Gasteiger charge is 2.32. The Kier molecular flexibility index (Phi) is 5.86. The third-order valence-electron chi connectivity index (χ3n) is 3.97. The van der Waals surface area contributed by atoms with E-state index in [9.17, 15) is 18.0 Å². The number of ether oxygens (including phenoxy) is 5. The lowest BCUT2D eigenvalue weighted by Crippen LogP contribution is -2.17. The van der Waals surface area contributed by atoms with Gasteiger partial charge in [0.1, 0.15) is 5.75 Å². The molecule has 1 heterocycles. The van der Waals surface area contributed by atoms with Crippen molar-refractivity contribution in [3.8, 4) is 23.0 Å². The monoisotopic (exact) mass is 423 g/mol. The van der Waals surface area contributed by atoms with E-state index < -0.39 is 18.1 Å². The van der Waals surface area contributed by atoms with Crippen molar-refractivity contribution < 1.29 is 41.7 Å². The van der Waals surface area contributed by atoms with Crippen molar-refractivity contribution in [1.82, 2.24) is 0 Å². The number of aliphatic imine (C=N–C) groups is 1. The first-order valence-electron chi connectivity index (χ1n) is 8.43. The summed E-state index contributed by atoms with van der Waals surface area (Å²) in [5.41, 5.74) is 0.162. The topological polar surface area (TPSA) is 75.6 Å². The molecule has 3 rings (SSSR count). The van der Waals surface area contributed by atoms with E-state index in [1.54, 1.807) is 0 Å². The third kappa shape index (κ3) is 4.48. The van der Waals surface area contributed by atoms with Gasteiger partial charge in [0.15, 0.2) is 17.2 Å². The highest BCUT2D eigenvalue weighted by molar-refractivity contribution is 6.13. The van der Waals surface area contributed by atoms with E-state index in [1.807, 2.05) is 0 Å². The molecule has 0 saturated carbocycles. The summed E-state index contributed by atoms with van der Waals surface area (Å²) in [5, 5.41) is 0. The van der Waals surface area contributed by atoms with E-state index in [2.05, 4.69) is 9.73 Å². The molecule has 0 unspecified atom stereocenters. The summed E-state index contributed by atoms with van der Waals surface area (Å²) < 4.78 is 62.7. The van der Waals surface area contributed by atoms with Gasteiger partial charge in [-0.2, -0.15) is 0 Å². The van der Waals surface area contributed by atoms with Crippen LogP contribution >= 0.6 is 0 Å². The van der Waals surface area contributed by atoms with Gasteiger partial charge < -0.3 is 23.7 Å². The number of para-hydroxylation sites is 1. The van der Waals surface area contributed by atoms with Crippen LogP contribution in [0.3, 0.4) is 0 Å². The number of rotatable bonds is 6. The van der Waals surface area contributed by atoms with Crippen LogP contribution in [0, 0.1) is 0 Å². The van der Waals surface area contributed by atoms with Gasteiger partial charge in [0, 0.05) is 11.1 Å². The second-order valence-electron chi connectivity index (χ2n) is 5.84. The molecule has 7 nitrogen and oxygen atoms in total. The minimum absolute atomic E-state index is 0.0108. The van der Waals surface area contributed by atoms with Crippen LogP contribution in [-0.2, 0) is 9.53 Å². The lowest BCUT2D eigenvalue weighted by Gasteiger charge is -2.13. The summed E-state index contributed by atoms with van der Waals surface area (Å²) >= 11 is 0. The van der Waals surface area contributed by atoms with Gasteiger partial charge in [0.2, 0.25) is 11.6 Å². The number of halogens is 3. The fraction of sp³-hybridized carbons (Fsp3) is 0.200. The molecule has 0 fully saturated rings. The van der Waals surface area contributed by atoms with E-state index in [-0.39, 0.29) is 17.2 Å². The number of hydrogen-bond acceptors (Lipinski definition) is 7. The lowest BCUT2D eigenvalue weighted by molar-refractivity contribution is -0.274. The van der Waals surface area contributed by atoms with Gasteiger partial charge >= 0.3 is 12.3 Å². The molecule has 30 heavy (non-hydrogen) atoms. The second-order valence-corrected chi connectivity index (χ2v) is 5.84. The van der Waals surface area contributed by atoms with Crippen molar-refractivity contribution in [3.63, 3.8) is 0 Å². The van der Waals surface area contributed by atoms with Crippen molar-refractivity contribution >= 4 is 17.9 Å². The fourth-order valence-corrected chi connectivity index (χ4v) is 2.70. The lowest BCUT2D eigenvalue weighted by atomic mass is 10.1. The van der Waals surface area contributed by atoms with Crippen LogP contribution in [0.25, 0.3) is 6.08 Å². The van der Waals surface area contributed by atoms with E-state index in [1.165, 1.54) is 51.7 Å². The molecule has 0 bridgehead atoms. The Morgan fingerprint density at radius 3 is 2.17 bits per heavy atom. The molecule has 2 aromatic rings. The van der Waals surface area contributed by atoms with Crippen LogP contribution in [0.5, 0.6) is 23.0 Å². The fourth-order valence-electron chi connectivity index (χ4n) is 2.70. The maximum absolute atomic E-state index is 12.6. The van der Waals surface area contributed by atoms with E-state index in [4.69, 9.17) is 18.9 Å².